The van der Waals surface area contributed by atoms with Gasteiger partial charge in [-0.1, -0.05) is 0 Å². The average Bonchev–Trinajstić information content (AvgIpc) is 2.96. The molecule has 1 aromatic rings. The van der Waals surface area contributed by atoms with E-state index in [1.54, 1.807) is 6.20 Å². The second kappa shape index (κ2) is 9.18. The zero-order chi connectivity index (χ0) is 12.1. The highest BCUT2D eigenvalue weighted by Gasteiger charge is 2.21. The lowest BCUT2D eigenvalue weighted by Crippen LogP contribution is -2.32. The SMILES string of the molecule is Cc1nccn1CCCNC(=O)C1CCNC1.Cl.Cl. The number of nitrogens with zero attached hydrogens (tertiary/aromatic N) is 2. The van der Waals surface area contributed by atoms with Gasteiger partial charge in [-0.15, -0.1) is 24.8 Å². The van der Waals surface area contributed by atoms with E-state index in [9.17, 15) is 4.79 Å². The number of halogens is 2. The second-order valence-electron chi connectivity index (χ2n) is 4.50. The Morgan fingerprint density at radius 2 is 2.37 bits per heavy atom. The minimum atomic E-state index is 0. The van der Waals surface area contributed by atoms with Gasteiger partial charge in [-0.25, -0.2) is 4.98 Å². The van der Waals surface area contributed by atoms with Crippen molar-refractivity contribution in [2.75, 3.05) is 19.6 Å². The molecule has 1 saturated heterocycles. The van der Waals surface area contributed by atoms with E-state index in [2.05, 4.69) is 20.2 Å². The van der Waals surface area contributed by atoms with Crippen molar-refractivity contribution in [2.45, 2.75) is 26.3 Å². The summed E-state index contributed by atoms with van der Waals surface area (Å²) in [4.78, 5) is 15.9. The van der Waals surface area contributed by atoms with Gasteiger partial charge in [0.25, 0.3) is 0 Å². The number of hydrogen-bond donors (Lipinski definition) is 2. The van der Waals surface area contributed by atoms with E-state index in [1.807, 2.05) is 13.1 Å². The van der Waals surface area contributed by atoms with E-state index in [0.29, 0.717) is 0 Å². The van der Waals surface area contributed by atoms with Gasteiger partial charge in [-0.3, -0.25) is 4.79 Å². The largest absolute Gasteiger partial charge is 0.356 e. The predicted octanol–water partition coefficient (Wildman–Crippen LogP) is 1.15. The summed E-state index contributed by atoms with van der Waals surface area (Å²) in [5, 5.41) is 6.19. The molecule has 2 rings (SSSR count). The first kappa shape index (κ1) is 18.2. The molecule has 0 radical (unpaired) electrons. The van der Waals surface area contributed by atoms with E-state index in [1.165, 1.54) is 0 Å². The number of amides is 1. The van der Waals surface area contributed by atoms with Crippen molar-refractivity contribution in [2.24, 2.45) is 5.92 Å². The molecule has 1 aliphatic heterocycles. The molecule has 5 nitrogen and oxygen atoms in total. The van der Waals surface area contributed by atoms with Crippen molar-refractivity contribution < 1.29 is 4.79 Å². The van der Waals surface area contributed by atoms with Gasteiger partial charge in [-0.2, -0.15) is 0 Å². The van der Waals surface area contributed by atoms with Crippen molar-refractivity contribution in [1.29, 1.82) is 0 Å². The molecule has 110 valence electrons. The Labute approximate surface area is 126 Å². The fourth-order valence-electron chi connectivity index (χ4n) is 2.12. The summed E-state index contributed by atoms with van der Waals surface area (Å²) in [6, 6.07) is 0. The molecule has 1 fully saturated rings. The Bertz CT molecular complexity index is 378. The summed E-state index contributed by atoms with van der Waals surface area (Å²) < 4.78 is 2.10. The van der Waals surface area contributed by atoms with Gasteiger partial charge in [0, 0.05) is 32.0 Å². The Hall–Kier alpha value is -0.780. The molecule has 0 saturated carbocycles. The van der Waals surface area contributed by atoms with Crippen LogP contribution in [0.2, 0.25) is 0 Å². The van der Waals surface area contributed by atoms with Crippen molar-refractivity contribution in [3.8, 4) is 0 Å². The molecule has 2 N–H and O–H groups in total. The van der Waals surface area contributed by atoms with Gasteiger partial charge in [0.15, 0.2) is 0 Å². The summed E-state index contributed by atoms with van der Waals surface area (Å²) in [6.45, 7) is 5.43. The molecule has 0 aliphatic carbocycles. The smallest absolute Gasteiger partial charge is 0.224 e. The van der Waals surface area contributed by atoms with Crippen molar-refractivity contribution >= 4 is 30.7 Å². The van der Waals surface area contributed by atoms with Crippen LogP contribution >= 0.6 is 24.8 Å². The third-order valence-corrected chi connectivity index (χ3v) is 3.23. The summed E-state index contributed by atoms with van der Waals surface area (Å²) in [6.07, 6.45) is 5.69. The lowest BCUT2D eigenvalue weighted by atomic mass is 10.1. The van der Waals surface area contributed by atoms with E-state index < -0.39 is 0 Å². The predicted molar refractivity (Wildman–Crippen MR) is 80.1 cm³/mol. The van der Waals surface area contributed by atoms with Gasteiger partial charge in [0.2, 0.25) is 5.91 Å². The zero-order valence-corrected chi connectivity index (χ0v) is 12.7. The second-order valence-corrected chi connectivity index (χ2v) is 4.50. The summed E-state index contributed by atoms with van der Waals surface area (Å²) >= 11 is 0. The molecule has 1 aliphatic rings. The molecule has 7 heteroatoms. The maximum atomic E-state index is 11.7. The fourth-order valence-corrected chi connectivity index (χ4v) is 2.12. The minimum absolute atomic E-state index is 0. The molecule has 1 unspecified atom stereocenters. The Morgan fingerprint density at radius 3 is 2.95 bits per heavy atom. The van der Waals surface area contributed by atoms with E-state index >= 15 is 0 Å². The van der Waals surface area contributed by atoms with E-state index in [-0.39, 0.29) is 36.6 Å². The van der Waals surface area contributed by atoms with Gasteiger partial charge >= 0.3 is 0 Å². The van der Waals surface area contributed by atoms with Crippen LogP contribution in [0.5, 0.6) is 0 Å². The van der Waals surface area contributed by atoms with Gasteiger partial charge in [0.1, 0.15) is 5.82 Å². The van der Waals surface area contributed by atoms with Crippen molar-refractivity contribution in [3.63, 3.8) is 0 Å². The summed E-state index contributed by atoms with van der Waals surface area (Å²) in [7, 11) is 0. The molecule has 1 aromatic heterocycles. The van der Waals surface area contributed by atoms with Crippen LogP contribution in [0.1, 0.15) is 18.7 Å². The average molecular weight is 309 g/mol. The topological polar surface area (TPSA) is 59.0 Å². The molecule has 0 aromatic carbocycles. The molecule has 1 atom stereocenters. The number of rotatable bonds is 5. The lowest BCUT2D eigenvalue weighted by molar-refractivity contribution is -0.124. The number of aromatic nitrogens is 2. The Kier molecular flexibility index (Phi) is 8.80. The molecule has 19 heavy (non-hydrogen) atoms. The summed E-state index contributed by atoms with van der Waals surface area (Å²) in [5.74, 6) is 1.39. The van der Waals surface area contributed by atoms with Gasteiger partial charge in [0.05, 0.1) is 5.92 Å². The third kappa shape index (κ3) is 5.38. The first-order valence-electron chi connectivity index (χ1n) is 6.23. The Morgan fingerprint density at radius 1 is 1.58 bits per heavy atom. The molecular weight excluding hydrogens is 287 g/mol. The van der Waals surface area contributed by atoms with Crippen LogP contribution in [0.4, 0.5) is 0 Å². The van der Waals surface area contributed by atoms with Crippen molar-refractivity contribution in [1.82, 2.24) is 20.2 Å². The number of imidazole rings is 1. The highest BCUT2D eigenvalue weighted by molar-refractivity contribution is 5.85. The van der Waals surface area contributed by atoms with Crippen LogP contribution in [-0.4, -0.2) is 35.1 Å². The highest BCUT2D eigenvalue weighted by Crippen LogP contribution is 2.06. The maximum Gasteiger partial charge on any atom is 0.224 e. The van der Waals surface area contributed by atoms with Crippen LogP contribution in [0, 0.1) is 12.8 Å². The fraction of sp³-hybridized carbons (Fsp3) is 0.667. The molecule has 2 heterocycles. The summed E-state index contributed by atoms with van der Waals surface area (Å²) in [5.41, 5.74) is 0. The third-order valence-electron chi connectivity index (χ3n) is 3.23. The van der Waals surface area contributed by atoms with Gasteiger partial charge in [-0.05, 0) is 26.3 Å². The van der Waals surface area contributed by atoms with Crippen LogP contribution in [0.15, 0.2) is 12.4 Å². The van der Waals surface area contributed by atoms with Gasteiger partial charge < -0.3 is 15.2 Å². The van der Waals surface area contributed by atoms with E-state index in [0.717, 1.165) is 44.8 Å². The first-order chi connectivity index (χ1) is 8.27. The maximum absolute atomic E-state index is 11.7. The van der Waals surface area contributed by atoms with Crippen LogP contribution < -0.4 is 10.6 Å². The normalized spacial score (nSPS) is 17.4. The molecule has 0 spiro atoms. The van der Waals surface area contributed by atoms with Crippen LogP contribution in [-0.2, 0) is 11.3 Å². The quantitative estimate of drug-likeness (QED) is 0.802. The number of aryl methyl sites for hydroxylation is 2. The van der Waals surface area contributed by atoms with E-state index in [4.69, 9.17) is 0 Å². The van der Waals surface area contributed by atoms with Crippen LogP contribution in [0.3, 0.4) is 0 Å². The Balaban J connectivity index is 0.00000162. The first-order valence-corrected chi connectivity index (χ1v) is 6.23. The number of nitrogens with one attached hydrogen (secondary N) is 2. The molecular formula is C12H22Cl2N4O. The zero-order valence-electron chi connectivity index (χ0n) is 11.1. The number of carbonyl (C=O) groups excluding carboxylic acids is 1. The minimum Gasteiger partial charge on any atom is -0.356 e. The molecule has 0 bridgehead atoms. The lowest BCUT2D eigenvalue weighted by Gasteiger charge is -2.10. The standard InChI is InChI=1S/C12H20N4O.2ClH/c1-10-14-6-8-16(10)7-2-4-15-12(17)11-3-5-13-9-11;;/h6,8,11,13H,2-5,7,9H2,1H3,(H,15,17);2*1H. The van der Waals surface area contributed by atoms with Crippen LogP contribution in [0.25, 0.3) is 0 Å². The van der Waals surface area contributed by atoms with Crippen molar-refractivity contribution in [3.05, 3.63) is 18.2 Å². The molecule has 1 amide bonds. The highest BCUT2D eigenvalue weighted by atomic mass is 35.5. The number of hydrogen-bond acceptors (Lipinski definition) is 3. The number of carbonyl (C=O) groups is 1. The monoisotopic (exact) mass is 308 g/mol.